The number of guanidine groups is 1. The normalized spacial score (nSPS) is 26.8. The van der Waals surface area contributed by atoms with E-state index in [2.05, 4.69) is 36.5 Å². The molecule has 7 heteroatoms. The highest BCUT2D eigenvalue weighted by atomic mass is 16.2. The van der Waals surface area contributed by atoms with Crippen molar-refractivity contribution in [3.63, 3.8) is 0 Å². The van der Waals surface area contributed by atoms with Crippen LogP contribution in [0.2, 0.25) is 0 Å². The van der Waals surface area contributed by atoms with Gasteiger partial charge in [-0.25, -0.2) is 9.79 Å². The molecule has 3 amide bonds. The number of rotatable bonds is 11. The SMILES string of the molecule is CCC[C@@H]1CN(Cc2ccc(CN3C(=O)C(CCC4CCCCC4)(CC4CCCCC4)N=C3N)cc2)C(=O)N1. The summed E-state index contributed by atoms with van der Waals surface area (Å²) in [6.07, 6.45) is 17.7. The van der Waals surface area contributed by atoms with Crippen LogP contribution >= 0.6 is 0 Å². The maximum atomic E-state index is 14.1. The van der Waals surface area contributed by atoms with Crippen molar-refractivity contribution >= 4 is 17.9 Å². The Morgan fingerprint density at radius 3 is 2.15 bits per heavy atom. The fourth-order valence-electron chi connectivity index (χ4n) is 7.48. The molecule has 3 fully saturated rings. The number of carbonyl (C=O) groups excluding carboxylic acids is 2. The molecule has 0 bridgehead atoms. The van der Waals surface area contributed by atoms with Gasteiger partial charge in [0.25, 0.3) is 5.91 Å². The lowest BCUT2D eigenvalue weighted by Crippen LogP contribution is -2.45. The molecule has 1 aromatic rings. The standard InChI is InChI=1S/C32H49N5O2/c1-2-9-28-23-36(31(39)34-28)21-26-14-16-27(17-15-26)22-37-29(38)32(35-30(37)33,20-25-12-7-4-8-13-25)19-18-24-10-5-3-6-11-24/h14-17,24-25,28H,2-13,18-23H2,1H3,(H2,33,35)(H,34,39)/t28-,32?/m1/s1. The summed E-state index contributed by atoms with van der Waals surface area (Å²) in [6.45, 7) is 3.96. The largest absolute Gasteiger partial charge is 0.369 e. The molecule has 4 aliphatic rings. The molecule has 214 valence electrons. The predicted octanol–water partition coefficient (Wildman–Crippen LogP) is 6.11. The molecule has 0 radical (unpaired) electrons. The van der Waals surface area contributed by atoms with E-state index >= 15 is 0 Å². The number of carbonyl (C=O) groups is 2. The van der Waals surface area contributed by atoms with Crippen molar-refractivity contribution in [2.45, 2.75) is 128 Å². The number of amides is 3. The smallest absolute Gasteiger partial charge is 0.318 e. The van der Waals surface area contributed by atoms with Crippen LogP contribution in [0.5, 0.6) is 0 Å². The Labute approximate surface area is 235 Å². The van der Waals surface area contributed by atoms with Gasteiger partial charge in [-0.3, -0.25) is 9.69 Å². The van der Waals surface area contributed by atoms with Crippen LogP contribution < -0.4 is 11.1 Å². The highest BCUT2D eigenvalue weighted by Crippen LogP contribution is 2.41. The third-order valence-corrected chi connectivity index (χ3v) is 9.72. The van der Waals surface area contributed by atoms with E-state index in [1.165, 1.54) is 64.2 Å². The molecule has 2 aliphatic heterocycles. The first-order valence-corrected chi connectivity index (χ1v) is 15.8. The summed E-state index contributed by atoms with van der Waals surface area (Å²) in [5.41, 5.74) is 7.96. The molecule has 5 rings (SSSR count). The van der Waals surface area contributed by atoms with E-state index in [1.807, 2.05) is 4.90 Å². The van der Waals surface area contributed by atoms with Crippen LogP contribution in [-0.2, 0) is 17.9 Å². The minimum atomic E-state index is -0.679. The molecule has 1 saturated heterocycles. The number of nitrogens with two attached hydrogens (primary N) is 1. The molecular formula is C32H49N5O2. The van der Waals surface area contributed by atoms with Crippen LogP contribution in [0.3, 0.4) is 0 Å². The number of hydrogen-bond acceptors (Lipinski definition) is 4. The summed E-state index contributed by atoms with van der Waals surface area (Å²) in [6, 6.07) is 8.54. The number of urea groups is 1. The molecule has 0 spiro atoms. The lowest BCUT2D eigenvalue weighted by atomic mass is 9.75. The Hall–Kier alpha value is -2.57. The van der Waals surface area contributed by atoms with Crippen molar-refractivity contribution in [2.24, 2.45) is 22.6 Å². The van der Waals surface area contributed by atoms with E-state index in [4.69, 9.17) is 10.7 Å². The lowest BCUT2D eigenvalue weighted by molar-refractivity contribution is -0.132. The number of nitrogens with one attached hydrogen (secondary N) is 1. The van der Waals surface area contributed by atoms with Gasteiger partial charge in [-0.15, -0.1) is 0 Å². The van der Waals surface area contributed by atoms with Gasteiger partial charge in [0.1, 0.15) is 5.54 Å². The fraction of sp³-hybridized carbons (Fsp3) is 0.719. The molecule has 2 saturated carbocycles. The van der Waals surface area contributed by atoms with E-state index in [0.29, 0.717) is 25.0 Å². The summed E-state index contributed by atoms with van der Waals surface area (Å²) >= 11 is 0. The number of hydrogen-bond donors (Lipinski definition) is 2. The molecule has 2 heterocycles. The van der Waals surface area contributed by atoms with Gasteiger partial charge in [0.05, 0.1) is 6.54 Å². The van der Waals surface area contributed by atoms with Crippen molar-refractivity contribution < 1.29 is 9.59 Å². The van der Waals surface area contributed by atoms with E-state index in [0.717, 1.165) is 55.7 Å². The van der Waals surface area contributed by atoms with Crippen molar-refractivity contribution in [1.29, 1.82) is 0 Å². The molecule has 7 nitrogen and oxygen atoms in total. The molecule has 2 aliphatic carbocycles. The molecule has 2 atom stereocenters. The molecule has 1 unspecified atom stereocenters. The Balaban J connectivity index is 1.23. The van der Waals surface area contributed by atoms with Gasteiger partial charge in [-0.2, -0.15) is 0 Å². The third-order valence-electron chi connectivity index (χ3n) is 9.72. The molecule has 3 N–H and O–H groups in total. The number of aliphatic imine (C=N–C) groups is 1. The van der Waals surface area contributed by atoms with Gasteiger partial charge < -0.3 is 16.0 Å². The first kappa shape index (κ1) is 28.0. The number of nitrogens with zero attached hydrogens (tertiary/aromatic N) is 3. The van der Waals surface area contributed by atoms with E-state index in [-0.39, 0.29) is 18.0 Å². The van der Waals surface area contributed by atoms with Crippen LogP contribution in [0.1, 0.15) is 114 Å². The monoisotopic (exact) mass is 535 g/mol. The zero-order chi connectivity index (χ0) is 27.2. The van der Waals surface area contributed by atoms with Crippen molar-refractivity contribution in [2.75, 3.05) is 6.54 Å². The second-order valence-corrected chi connectivity index (χ2v) is 12.8. The molecule has 39 heavy (non-hydrogen) atoms. The minimum absolute atomic E-state index is 0.0201. The van der Waals surface area contributed by atoms with Gasteiger partial charge in [0, 0.05) is 19.1 Å². The quantitative estimate of drug-likeness (QED) is 0.358. The third kappa shape index (κ3) is 6.78. The van der Waals surface area contributed by atoms with Crippen molar-refractivity contribution in [1.82, 2.24) is 15.1 Å². The maximum absolute atomic E-state index is 14.1. The molecular weight excluding hydrogens is 486 g/mol. The second-order valence-electron chi connectivity index (χ2n) is 12.8. The average molecular weight is 536 g/mol. The summed E-state index contributed by atoms with van der Waals surface area (Å²) in [7, 11) is 0. The first-order chi connectivity index (χ1) is 19.0. The van der Waals surface area contributed by atoms with Crippen LogP contribution in [0, 0.1) is 11.8 Å². The van der Waals surface area contributed by atoms with Crippen LogP contribution in [-0.4, -0.2) is 45.8 Å². The molecule has 1 aromatic carbocycles. The Morgan fingerprint density at radius 1 is 0.897 bits per heavy atom. The van der Waals surface area contributed by atoms with Gasteiger partial charge in [0.2, 0.25) is 0 Å². The van der Waals surface area contributed by atoms with Gasteiger partial charge in [0.15, 0.2) is 5.96 Å². The van der Waals surface area contributed by atoms with Crippen LogP contribution in [0.25, 0.3) is 0 Å². The average Bonchev–Trinajstić information content (AvgIpc) is 3.40. The minimum Gasteiger partial charge on any atom is -0.369 e. The van der Waals surface area contributed by atoms with E-state index in [1.54, 1.807) is 4.90 Å². The first-order valence-electron chi connectivity index (χ1n) is 15.8. The Morgan fingerprint density at radius 2 is 1.51 bits per heavy atom. The number of benzene rings is 1. The van der Waals surface area contributed by atoms with Crippen LogP contribution in [0.4, 0.5) is 4.79 Å². The van der Waals surface area contributed by atoms with Gasteiger partial charge >= 0.3 is 6.03 Å². The van der Waals surface area contributed by atoms with E-state index < -0.39 is 5.54 Å². The van der Waals surface area contributed by atoms with Crippen LogP contribution in [0.15, 0.2) is 29.3 Å². The topological polar surface area (TPSA) is 91.0 Å². The van der Waals surface area contributed by atoms with Crippen molar-refractivity contribution in [3.8, 4) is 0 Å². The highest BCUT2D eigenvalue weighted by Gasteiger charge is 2.48. The summed E-state index contributed by atoms with van der Waals surface area (Å²) in [5, 5.41) is 3.08. The summed E-state index contributed by atoms with van der Waals surface area (Å²) in [4.78, 5) is 35.0. The summed E-state index contributed by atoms with van der Waals surface area (Å²) in [5.74, 6) is 1.80. The zero-order valence-corrected chi connectivity index (χ0v) is 24.0. The van der Waals surface area contributed by atoms with Crippen molar-refractivity contribution in [3.05, 3.63) is 35.4 Å². The fourth-order valence-corrected chi connectivity index (χ4v) is 7.48. The maximum Gasteiger partial charge on any atom is 0.318 e. The van der Waals surface area contributed by atoms with E-state index in [9.17, 15) is 9.59 Å². The second kappa shape index (κ2) is 12.7. The predicted molar refractivity (Wildman–Crippen MR) is 156 cm³/mol. The zero-order valence-electron chi connectivity index (χ0n) is 24.0. The Kier molecular flexibility index (Phi) is 9.13. The van der Waals surface area contributed by atoms with Gasteiger partial charge in [-0.1, -0.05) is 102 Å². The molecule has 0 aromatic heterocycles. The highest BCUT2D eigenvalue weighted by molar-refractivity contribution is 6.06. The lowest BCUT2D eigenvalue weighted by Gasteiger charge is -2.33. The Bertz CT molecular complexity index is 1010. The summed E-state index contributed by atoms with van der Waals surface area (Å²) < 4.78 is 0. The van der Waals surface area contributed by atoms with Gasteiger partial charge in [-0.05, 0) is 48.6 Å².